The van der Waals surface area contributed by atoms with Crippen LogP contribution in [-0.4, -0.2) is 11.5 Å². The van der Waals surface area contributed by atoms with Gasteiger partial charge in [0.2, 0.25) is 0 Å². The number of benzene rings is 3. The number of nitrogens with one attached hydrogen (secondary N) is 1. The smallest absolute Gasteiger partial charge is 0.131 e. The summed E-state index contributed by atoms with van der Waals surface area (Å²) in [6.07, 6.45) is 8.03. The lowest BCUT2D eigenvalue weighted by atomic mass is 9.63. The largest absolute Gasteiger partial charge is 0.388 e. The van der Waals surface area contributed by atoms with Crippen LogP contribution in [0.1, 0.15) is 108 Å². The van der Waals surface area contributed by atoms with Crippen LogP contribution in [0.5, 0.6) is 0 Å². The fourth-order valence-electron chi connectivity index (χ4n) is 6.10. The number of nitrogens with two attached hydrogens (primary N) is 1. The van der Waals surface area contributed by atoms with Gasteiger partial charge in [-0.2, -0.15) is 0 Å². The molecule has 0 saturated carbocycles. The monoisotopic (exact) mass is 551 g/mol. The van der Waals surface area contributed by atoms with E-state index in [0.29, 0.717) is 12.2 Å². The summed E-state index contributed by atoms with van der Waals surface area (Å²) in [6.45, 7) is 17.8. The number of allylic oxidation sites excluding steroid dienone is 1. The molecule has 3 N–H and O–H groups in total. The van der Waals surface area contributed by atoms with E-state index in [1.807, 2.05) is 6.92 Å². The highest BCUT2D eigenvalue weighted by Crippen LogP contribution is 2.46. The van der Waals surface area contributed by atoms with Gasteiger partial charge >= 0.3 is 0 Å². The van der Waals surface area contributed by atoms with Crippen LogP contribution >= 0.6 is 0 Å². The van der Waals surface area contributed by atoms with Crippen molar-refractivity contribution in [2.45, 2.75) is 104 Å². The molecular formula is C37H49N3O. The summed E-state index contributed by atoms with van der Waals surface area (Å²) >= 11 is 0. The van der Waals surface area contributed by atoms with Crippen molar-refractivity contribution >= 4 is 22.3 Å². The van der Waals surface area contributed by atoms with Crippen LogP contribution in [0, 0.1) is 11.3 Å². The highest BCUT2D eigenvalue weighted by Gasteiger charge is 2.36. The number of aryl methyl sites for hydroxylation is 2. The Kier molecular flexibility index (Phi) is 9.41. The molecule has 1 aliphatic rings. The maximum absolute atomic E-state index is 7.67. The van der Waals surface area contributed by atoms with E-state index in [1.165, 1.54) is 45.9 Å². The SMILES string of the molecule is C=C(O/N=C(\C)c1ccc2cc(CCc3ccc4c(c3)C(C)(C)CCC4(C)C)ccc2c1)C(CCCC)CC(=N)N. The number of hydrogen-bond donors (Lipinski definition) is 2. The fraction of sp³-hybridized carbons (Fsp3) is 0.459. The number of unbranched alkanes of at least 4 members (excludes halogenated alkanes) is 1. The minimum Gasteiger partial charge on any atom is -0.388 e. The molecule has 0 fully saturated rings. The second kappa shape index (κ2) is 12.6. The van der Waals surface area contributed by atoms with Crippen molar-refractivity contribution in [3.63, 3.8) is 0 Å². The van der Waals surface area contributed by atoms with E-state index in [9.17, 15) is 0 Å². The Morgan fingerprint density at radius 3 is 2.22 bits per heavy atom. The summed E-state index contributed by atoms with van der Waals surface area (Å²) in [4.78, 5) is 5.72. The molecule has 4 heteroatoms. The van der Waals surface area contributed by atoms with Gasteiger partial charge < -0.3 is 10.6 Å². The van der Waals surface area contributed by atoms with Gasteiger partial charge in [0.1, 0.15) is 5.76 Å². The van der Waals surface area contributed by atoms with Crippen LogP contribution in [0.3, 0.4) is 0 Å². The quantitative estimate of drug-likeness (QED) is 0.102. The summed E-state index contributed by atoms with van der Waals surface area (Å²) in [7, 11) is 0. The normalized spacial score (nSPS) is 16.7. The zero-order valence-corrected chi connectivity index (χ0v) is 26.1. The van der Waals surface area contributed by atoms with Crippen LogP contribution in [0.4, 0.5) is 0 Å². The summed E-state index contributed by atoms with van der Waals surface area (Å²) in [5, 5.41) is 14.5. The molecule has 1 atom stereocenters. The summed E-state index contributed by atoms with van der Waals surface area (Å²) in [6, 6.07) is 20.5. The van der Waals surface area contributed by atoms with Gasteiger partial charge in [-0.15, -0.1) is 0 Å². The number of amidine groups is 1. The third-order valence-corrected chi connectivity index (χ3v) is 9.07. The zero-order chi connectivity index (χ0) is 29.8. The van der Waals surface area contributed by atoms with Gasteiger partial charge in [0.25, 0.3) is 0 Å². The maximum Gasteiger partial charge on any atom is 0.131 e. The minimum atomic E-state index is 0.0127. The maximum atomic E-state index is 7.67. The standard InChI is InChI=1S/C37H49N3O/c1-8-9-10-30(24-35(38)39)26(3)41-40-25(2)29-16-17-31-21-27(13-15-32(31)23-29)11-12-28-14-18-33-34(22-28)37(6,7)20-19-36(33,4)5/h13-18,21-23,30H,3,8-12,19-20,24H2,1-2,4-7H3,(H3,38,39)/b40-25+. The van der Waals surface area contributed by atoms with Crippen molar-refractivity contribution in [1.82, 2.24) is 0 Å². The molecule has 0 aromatic heterocycles. The molecule has 0 spiro atoms. The molecule has 41 heavy (non-hydrogen) atoms. The van der Waals surface area contributed by atoms with Crippen LogP contribution in [0.15, 0.2) is 72.1 Å². The van der Waals surface area contributed by atoms with Gasteiger partial charge in [0, 0.05) is 12.3 Å². The number of nitrogens with zero attached hydrogens (tertiary/aromatic N) is 1. The van der Waals surface area contributed by atoms with E-state index in [-0.39, 0.29) is 22.6 Å². The predicted molar refractivity (Wildman–Crippen MR) is 175 cm³/mol. The molecule has 1 aliphatic carbocycles. The van der Waals surface area contributed by atoms with Crippen molar-refractivity contribution in [3.8, 4) is 0 Å². The van der Waals surface area contributed by atoms with Crippen molar-refractivity contribution in [1.29, 1.82) is 5.41 Å². The van der Waals surface area contributed by atoms with Gasteiger partial charge in [-0.3, -0.25) is 5.41 Å². The number of fused-ring (bicyclic) bond motifs is 2. The number of hydrogen-bond acceptors (Lipinski definition) is 3. The Labute approximate surface area is 247 Å². The molecule has 3 aromatic rings. The van der Waals surface area contributed by atoms with E-state index >= 15 is 0 Å². The third-order valence-electron chi connectivity index (χ3n) is 9.07. The first kappa shape index (κ1) is 30.6. The molecule has 4 rings (SSSR count). The summed E-state index contributed by atoms with van der Waals surface area (Å²) in [5.41, 5.74) is 13.8. The molecule has 0 saturated heterocycles. The Hall–Kier alpha value is -3.40. The van der Waals surface area contributed by atoms with Crippen LogP contribution < -0.4 is 5.73 Å². The number of rotatable bonds is 12. The molecule has 218 valence electrons. The van der Waals surface area contributed by atoms with E-state index in [0.717, 1.165) is 43.4 Å². The third kappa shape index (κ3) is 7.47. The van der Waals surface area contributed by atoms with Crippen molar-refractivity contribution in [3.05, 3.63) is 94.8 Å². The molecule has 0 aliphatic heterocycles. The minimum absolute atomic E-state index is 0.0127. The van der Waals surface area contributed by atoms with E-state index in [1.54, 1.807) is 0 Å². The molecular weight excluding hydrogens is 502 g/mol. The van der Waals surface area contributed by atoms with Crippen molar-refractivity contribution in [2.75, 3.05) is 0 Å². The van der Waals surface area contributed by atoms with Crippen molar-refractivity contribution < 1.29 is 4.84 Å². The lowest BCUT2D eigenvalue weighted by molar-refractivity contribution is 0.186. The summed E-state index contributed by atoms with van der Waals surface area (Å²) < 4.78 is 0. The van der Waals surface area contributed by atoms with E-state index < -0.39 is 0 Å². The zero-order valence-electron chi connectivity index (χ0n) is 26.1. The lowest BCUT2D eigenvalue weighted by Crippen LogP contribution is -2.33. The van der Waals surface area contributed by atoms with E-state index in [4.69, 9.17) is 16.0 Å². The van der Waals surface area contributed by atoms with E-state index in [2.05, 4.69) is 101 Å². The molecule has 0 heterocycles. The second-order valence-corrected chi connectivity index (χ2v) is 13.3. The Morgan fingerprint density at radius 1 is 0.927 bits per heavy atom. The lowest BCUT2D eigenvalue weighted by Gasteiger charge is -2.42. The molecule has 0 amide bonds. The van der Waals surface area contributed by atoms with Gasteiger partial charge in [0.15, 0.2) is 0 Å². The van der Waals surface area contributed by atoms with Gasteiger partial charge in [-0.1, -0.05) is 108 Å². The van der Waals surface area contributed by atoms with Gasteiger partial charge in [-0.05, 0) is 94.5 Å². The molecule has 3 aromatic carbocycles. The van der Waals surface area contributed by atoms with Gasteiger partial charge in [-0.25, -0.2) is 0 Å². The predicted octanol–water partition coefficient (Wildman–Crippen LogP) is 9.36. The molecule has 1 unspecified atom stereocenters. The van der Waals surface area contributed by atoms with Crippen molar-refractivity contribution in [2.24, 2.45) is 16.8 Å². The fourth-order valence-corrected chi connectivity index (χ4v) is 6.10. The molecule has 0 radical (unpaired) electrons. The average Bonchev–Trinajstić information content (AvgIpc) is 2.94. The molecule has 4 nitrogen and oxygen atoms in total. The average molecular weight is 552 g/mol. The first-order valence-electron chi connectivity index (χ1n) is 15.3. The topological polar surface area (TPSA) is 71.5 Å². The number of oxime groups is 1. The summed E-state index contributed by atoms with van der Waals surface area (Å²) in [5.74, 6) is 0.740. The van der Waals surface area contributed by atoms with Crippen LogP contribution in [0.25, 0.3) is 10.8 Å². The van der Waals surface area contributed by atoms with Crippen LogP contribution in [0.2, 0.25) is 0 Å². The first-order chi connectivity index (χ1) is 19.4. The van der Waals surface area contributed by atoms with Gasteiger partial charge in [0.05, 0.1) is 11.5 Å². The Morgan fingerprint density at radius 2 is 1.54 bits per heavy atom. The first-order valence-corrected chi connectivity index (χ1v) is 15.3. The Bertz CT molecular complexity index is 1450. The molecule has 0 bridgehead atoms. The highest BCUT2D eigenvalue weighted by molar-refractivity contribution is 6.01. The Balaban J connectivity index is 1.43. The van der Waals surface area contributed by atoms with Crippen LogP contribution in [-0.2, 0) is 28.5 Å². The highest BCUT2D eigenvalue weighted by atomic mass is 16.6. The second-order valence-electron chi connectivity index (χ2n) is 13.3.